The van der Waals surface area contributed by atoms with Gasteiger partial charge in [-0.2, -0.15) is 0 Å². The van der Waals surface area contributed by atoms with Gasteiger partial charge in [-0.15, -0.1) is 0 Å². The summed E-state index contributed by atoms with van der Waals surface area (Å²) in [6.07, 6.45) is 4.21. The van der Waals surface area contributed by atoms with Gasteiger partial charge in [-0.05, 0) is 29.7 Å². The predicted octanol–water partition coefficient (Wildman–Crippen LogP) is 3.17. The summed E-state index contributed by atoms with van der Waals surface area (Å²) in [5.74, 6) is -0.486. The van der Waals surface area contributed by atoms with Crippen molar-refractivity contribution in [1.82, 2.24) is 4.90 Å². The normalized spacial score (nSPS) is 15.2. The first-order valence-corrected chi connectivity index (χ1v) is 9.90. The number of carbonyl (C=O) groups is 2. The quantitative estimate of drug-likeness (QED) is 0.663. The van der Waals surface area contributed by atoms with Crippen molar-refractivity contribution in [3.63, 3.8) is 0 Å². The zero-order valence-corrected chi connectivity index (χ0v) is 17.4. The number of benzene rings is 2. The maximum absolute atomic E-state index is 12.7. The average molecular weight is 421 g/mol. The minimum absolute atomic E-state index is 0.135. The second-order valence-electron chi connectivity index (χ2n) is 7.17. The van der Waals surface area contributed by atoms with Crippen LogP contribution in [-0.2, 0) is 25.5 Å². The van der Waals surface area contributed by atoms with Crippen LogP contribution in [0.2, 0.25) is 0 Å². The van der Waals surface area contributed by atoms with Crippen LogP contribution in [0.25, 0.3) is 0 Å². The minimum atomic E-state index is -0.651. The van der Waals surface area contributed by atoms with Gasteiger partial charge in [0.15, 0.2) is 11.5 Å². The number of fused-ring (bicyclic) bond motifs is 1. The van der Waals surface area contributed by atoms with E-state index in [-0.39, 0.29) is 6.79 Å². The molecule has 0 bridgehead atoms. The van der Waals surface area contributed by atoms with Crippen LogP contribution < -0.4 is 9.47 Å². The first-order valence-electron chi connectivity index (χ1n) is 9.90. The van der Waals surface area contributed by atoms with Crippen molar-refractivity contribution in [2.24, 2.45) is 0 Å². The number of esters is 2. The predicted molar refractivity (Wildman–Crippen MR) is 112 cm³/mol. The fourth-order valence-electron chi connectivity index (χ4n) is 3.77. The zero-order valence-electron chi connectivity index (χ0n) is 17.4. The van der Waals surface area contributed by atoms with Gasteiger partial charge in [0.25, 0.3) is 0 Å². The molecular formula is C24H23NO6. The summed E-state index contributed by atoms with van der Waals surface area (Å²) in [5.41, 5.74) is 2.55. The maximum Gasteiger partial charge on any atom is 0.336 e. The number of ether oxygens (including phenoxy) is 4. The van der Waals surface area contributed by atoms with Gasteiger partial charge in [-0.1, -0.05) is 36.4 Å². The van der Waals surface area contributed by atoms with E-state index in [2.05, 4.69) is 0 Å². The molecule has 7 heteroatoms. The Morgan fingerprint density at radius 2 is 1.58 bits per heavy atom. The molecule has 0 atom stereocenters. The summed E-state index contributed by atoms with van der Waals surface area (Å²) in [7, 11) is 2.65. The summed E-state index contributed by atoms with van der Waals surface area (Å²) in [4.78, 5) is 27.2. The lowest BCUT2D eigenvalue weighted by molar-refractivity contribution is -0.137. The Bertz CT molecular complexity index is 1010. The van der Waals surface area contributed by atoms with Crippen LogP contribution in [0.4, 0.5) is 0 Å². The molecule has 2 aliphatic heterocycles. The van der Waals surface area contributed by atoms with Crippen LogP contribution in [0.3, 0.4) is 0 Å². The average Bonchev–Trinajstić information content (AvgIpc) is 3.29. The number of methoxy groups -OCH3 is 2. The lowest BCUT2D eigenvalue weighted by Gasteiger charge is -2.30. The topological polar surface area (TPSA) is 74.3 Å². The maximum atomic E-state index is 12.7. The third-order valence-corrected chi connectivity index (χ3v) is 5.31. The van der Waals surface area contributed by atoms with Gasteiger partial charge in [0.1, 0.15) is 0 Å². The van der Waals surface area contributed by atoms with Crippen LogP contribution in [0, 0.1) is 0 Å². The Kier molecular flexibility index (Phi) is 5.93. The van der Waals surface area contributed by atoms with Crippen molar-refractivity contribution in [3.05, 3.63) is 83.2 Å². The Balaban J connectivity index is 1.71. The number of rotatable bonds is 6. The third kappa shape index (κ3) is 4.26. The van der Waals surface area contributed by atoms with Gasteiger partial charge >= 0.3 is 11.9 Å². The number of carbonyl (C=O) groups excluding carboxylic acids is 2. The van der Waals surface area contributed by atoms with Crippen LogP contribution in [-0.4, -0.2) is 44.4 Å². The molecule has 7 nitrogen and oxygen atoms in total. The SMILES string of the molecule is COC(=O)C1=CN(CCc2ccccc2)C=C(C(=O)OC)C1c1ccc2c(c1)OCO2. The molecule has 0 spiro atoms. The molecule has 0 amide bonds. The number of hydrogen-bond donors (Lipinski definition) is 0. The highest BCUT2D eigenvalue weighted by molar-refractivity contribution is 5.98. The molecule has 0 unspecified atom stereocenters. The van der Waals surface area contributed by atoms with E-state index in [1.54, 1.807) is 24.5 Å². The standard InChI is InChI=1S/C24H23NO6/c1-28-23(26)18-13-25(11-10-16-6-4-3-5-7-16)14-19(24(27)29-2)22(18)17-8-9-20-21(12-17)31-15-30-20/h3-9,12-14,22H,10-11,15H2,1-2H3. The molecule has 31 heavy (non-hydrogen) atoms. The van der Waals surface area contributed by atoms with Gasteiger partial charge in [-0.3, -0.25) is 0 Å². The van der Waals surface area contributed by atoms with Gasteiger partial charge in [0.2, 0.25) is 6.79 Å². The van der Waals surface area contributed by atoms with Crippen molar-refractivity contribution in [3.8, 4) is 11.5 Å². The molecule has 0 saturated carbocycles. The number of nitrogens with zero attached hydrogens (tertiary/aromatic N) is 1. The van der Waals surface area contributed by atoms with E-state index in [0.717, 1.165) is 12.0 Å². The smallest absolute Gasteiger partial charge is 0.336 e. The van der Waals surface area contributed by atoms with Crippen molar-refractivity contribution in [1.29, 1.82) is 0 Å². The molecule has 0 aliphatic carbocycles. The zero-order chi connectivity index (χ0) is 21.8. The Labute approximate surface area is 180 Å². The Morgan fingerprint density at radius 3 is 2.23 bits per heavy atom. The summed E-state index contributed by atoms with van der Waals surface area (Å²) in [6.45, 7) is 0.717. The summed E-state index contributed by atoms with van der Waals surface area (Å²) < 4.78 is 20.9. The molecule has 2 aromatic carbocycles. The Hall–Kier alpha value is -3.74. The lowest BCUT2D eigenvalue weighted by Crippen LogP contribution is -2.29. The molecule has 0 fully saturated rings. The largest absolute Gasteiger partial charge is 0.466 e. The van der Waals surface area contributed by atoms with Crippen molar-refractivity contribution < 1.29 is 28.5 Å². The van der Waals surface area contributed by atoms with Crippen LogP contribution in [0.1, 0.15) is 17.0 Å². The highest BCUT2D eigenvalue weighted by Gasteiger charge is 2.36. The molecule has 2 aromatic rings. The molecule has 0 N–H and O–H groups in total. The second-order valence-corrected chi connectivity index (χ2v) is 7.17. The van der Waals surface area contributed by atoms with E-state index in [9.17, 15) is 9.59 Å². The third-order valence-electron chi connectivity index (χ3n) is 5.31. The van der Waals surface area contributed by atoms with Gasteiger partial charge in [0, 0.05) is 18.9 Å². The minimum Gasteiger partial charge on any atom is -0.466 e. The Morgan fingerprint density at radius 1 is 0.935 bits per heavy atom. The fraction of sp³-hybridized carbons (Fsp3) is 0.250. The van der Waals surface area contributed by atoms with E-state index < -0.39 is 17.9 Å². The molecule has 2 aliphatic rings. The van der Waals surface area contributed by atoms with Crippen LogP contribution >= 0.6 is 0 Å². The molecule has 4 rings (SSSR count). The van der Waals surface area contributed by atoms with E-state index in [4.69, 9.17) is 18.9 Å². The molecule has 2 heterocycles. The highest BCUT2D eigenvalue weighted by atomic mass is 16.7. The molecular weight excluding hydrogens is 398 g/mol. The molecule has 0 saturated heterocycles. The number of hydrogen-bond acceptors (Lipinski definition) is 7. The first-order chi connectivity index (χ1) is 15.1. The van der Waals surface area contributed by atoms with Crippen molar-refractivity contribution in [2.75, 3.05) is 27.6 Å². The summed E-state index contributed by atoms with van der Waals surface area (Å²) >= 11 is 0. The van der Waals surface area contributed by atoms with Crippen LogP contribution in [0.5, 0.6) is 11.5 Å². The summed E-state index contributed by atoms with van der Waals surface area (Å²) in [5, 5.41) is 0. The fourth-order valence-corrected chi connectivity index (χ4v) is 3.77. The van der Waals surface area contributed by atoms with Crippen molar-refractivity contribution >= 4 is 11.9 Å². The van der Waals surface area contributed by atoms with E-state index >= 15 is 0 Å². The molecule has 0 aromatic heterocycles. The van der Waals surface area contributed by atoms with Gasteiger partial charge in [-0.25, -0.2) is 9.59 Å². The first kappa shape index (κ1) is 20.5. The van der Waals surface area contributed by atoms with E-state index in [1.165, 1.54) is 14.2 Å². The summed E-state index contributed by atoms with van der Waals surface area (Å²) in [6, 6.07) is 15.4. The van der Waals surface area contributed by atoms with Gasteiger partial charge < -0.3 is 23.8 Å². The van der Waals surface area contributed by atoms with Gasteiger partial charge in [0.05, 0.1) is 31.3 Å². The molecule has 0 radical (unpaired) electrons. The molecule has 160 valence electrons. The second kappa shape index (κ2) is 8.95. The van der Waals surface area contributed by atoms with E-state index in [0.29, 0.717) is 34.8 Å². The van der Waals surface area contributed by atoms with E-state index in [1.807, 2.05) is 41.3 Å². The monoisotopic (exact) mass is 421 g/mol. The highest BCUT2D eigenvalue weighted by Crippen LogP contribution is 2.41. The van der Waals surface area contributed by atoms with Crippen molar-refractivity contribution in [2.45, 2.75) is 12.3 Å². The lowest BCUT2D eigenvalue weighted by atomic mass is 9.83. The van der Waals surface area contributed by atoms with Crippen LogP contribution in [0.15, 0.2) is 72.1 Å².